The summed E-state index contributed by atoms with van der Waals surface area (Å²) in [5.74, 6) is 0.901. The van der Waals surface area contributed by atoms with Gasteiger partial charge in [0.25, 0.3) is 0 Å². The van der Waals surface area contributed by atoms with Crippen molar-refractivity contribution < 1.29 is 19.1 Å². The Morgan fingerprint density at radius 2 is 1.05 bits per heavy atom. The number of benzene rings is 3. The van der Waals surface area contributed by atoms with E-state index in [1.807, 2.05) is 85.2 Å². The molecule has 0 aliphatic rings. The molecule has 0 saturated heterocycles. The molecule has 2 N–H and O–H groups in total. The van der Waals surface area contributed by atoms with Crippen LogP contribution in [0, 0.1) is 0 Å². The Balaban J connectivity index is 1.30. The van der Waals surface area contributed by atoms with E-state index in [0.717, 1.165) is 56.4 Å². The molecule has 0 radical (unpaired) electrons. The molecule has 0 spiro atoms. The van der Waals surface area contributed by atoms with Gasteiger partial charge in [0.2, 0.25) is 0 Å². The second kappa shape index (κ2) is 11.0. The van der Waals surface area contributed by atoms with Gasteiger partial charge in [-0.05, 0) is 17.2 Å². The number of aromatic nitrogens is 4. The zero-order valence-electron chi connectivity index (χ0n) is 21.0. The lowest BCUT2D eigenvalue weighted by molar-refractivity contribution is -0.143. The first-order valence-corrected chi connectivity index (χ1v) is 12.1. The average Bonchev–Trinajstić information content (AvgIpc) is 3.62. The zero-order valence-corrected chi connectivity index (χ0v) is 21.0. The van der Waals surface area contributed by atoms with Crippen LogP contribution < -0.4 is 0 Å². The standard InChI is InChI=1S/C30H26N4O4/c1-19(35)37-17-21-6-10-23(11-7-21)27-15-31-29(33-27)25-4-3-5-26(14-25)30-32-16-28(34-30)24-12-8-22(9-13-24)18-38-20(2)36/h3-16H,17-18H2,1-2H3,(H,31,33)(H,32,34). The van der Waals surface area contributed by atoms with Crippen molar-refractivity contribution in [2.24, 2.45) is 0 Å². The van der Waals surface area contributed by atoms with Crippen LogP contribution in [0.1, 0.15) is 25.0 Å². The maximum Gasteiger partial charge on any atom is 0.302 e. The van der Waals surface area contributed by atoms with Crippen LogP contribution in [0.25, 0.3) is 45.3 Å². The average molecular weight is 507 g/mol. The quantitative estimate of drug-likeness (QED) is 0.253. The van der Waals surface area contributed by atoms with Gasteiger partial charge in [-0.2, -0.15) is 0 Å². The van der Waals surface area contributed by atoms with Crippen LogP contribution in [0.4, 0.5) is 0 Å². The summed E-state index contributed by atoms with van der Waals surface area (Å²) in [4.78, 5) is 38.1. The molecule has 0 atom stereocenters. The Bertz CT molecular complexity index is 1450. The molecule has 5 aromatic rings. The zero-order chi connectivity index (χ0) is 26.5. The van der Waals surface area contributed by atoms with E-state index in [2.05, 4.69) is 9.97 Å². The highest BCUT2D eigenvalue weighted by Crippen LogP contribution is 2.27. The first-order chi connectivity index (χ1) is 18.4. The first kappa shape index (κ1) is 24.7. The lowest BCUT2D eigenvalue weighted by atomic mass is 10.1. The molecule has 38 heavy (non-hydrogen) atoms. The van der Waals surface area contributed by atoms with E-state index in [1.54, 1.807) is 0 Å². The third-order valence-electron chi connectivity index (χ3n) is 5.95. The Hall–Kier alpha value is -4.98. The summed E-state index contributed by atoms with van der Waals surface area (Å²) in [6.45, 7) is 3.30. The fourth-order valence-electron chi connectivity index (χ4n) is 3.96. The van der Waals surface area contributed by atoms with Crippen molar-refractivity contribution in [3.8, 4) is 45.3 Å². The van der Waals surface area contributed by atoms with Crippen LogP contribution in [-0.2, 0) is 32.3 Å². The maximum atomic E-state index is 11.0. The summed E-state index contributed by atoms with van der Waals surface area (Å²) < 4.78 is 10.1. The predicted octanol–water partition coefficient (Wildman–Crippen LogP) is 5.93. The van der Waals surface area contributed by atoms with Crippen molar-refractivity contribution in [3.63, 3.8) is 0 Å². The summed E-state index contributed by atoms with van der Waals surface area (Å²) in [7, 11) is 0. The third-order valence-corrected chi connectivity index (χ3v) is 5.95. The van der Waals surface area contributed by atoms with Gasteiger partial charge in [0.15, 0.2) is 0 Å². The number of nitrogens with zero attached hydrogens (tertiary/aromatic N) is 2. The van der Waals surface area contributed by atoms with Crippen molar-refractivity contribution in [2.45, 2.75) is 27.1 Å². The van der Waals surface area contributed by atoms with E-state index in [-0.39, 0.29) is 25.2 Å². The summed E-state index contributed by atoms with van der Waals surface area (Å²) in [6.07, 6.45) is 3.75. The first-order valence-electron chi connectivity index (χ1n) is 12.1. The monoisotopic (exact) mass is 506 g/mol. The van der Waals surface area contributed by atoms with Gasteiger partial charge < -0.3 is 19.4 Å². The molecule has 0 saturated carbocycles. The van der Waals surface area contributed by atoms with Gasteiger partial charge in [-0.15, -0.1) is 0 Å². The maximum absolute atomic E-state index is 11.0. The minimum atomic E-state index is -0.300. The molecule has 8 nitrogen and oxygen atoms in total. The van der Waals surface area contributed by atoms with E-state index >= 15 is 0 Å². The van der Waals surface area contributed by atoms with Crippen molar-refractivity contribution in [1.82, 2.24) is 19.9 Å². The minimum absolute atomic E-state index is 0.254. The van der Waals surface area contributed by atoms with Crippen molar-refractivity contribution in [2.75, 3.05) is 0 Å². The number of hydrogen-bond donors (Lipinski definition) is 2. The highest BCUT2D eigenvalue weighted by atomic mass is 16.5. The molecule has 8 heteroatoms. The number of esters is 2. The molecule has 2 heterocycles. The number of carbonyl (C=O) groups excluding carboxylic acids is 2. The number of rotatable bonds is 8. The Kier molecular flexibility index (Phi) is 7.13. The second-order valence-corrected chi connectivity index (χ2v) is 8.80. The summed E-state index contributed by atoms with van der Waals surface area (Å²) in [5.41, 5.74) is 7.28. The summed E-state index contributed by atoms with van der Waals surface area (Å²) in [6, 6.07) is 23.6. The number of nitrogens with one attached hydrogen (secondary N) is 2. The minimum Gasteiger partial charge on any atom is -0.461 e. The molecule has 190 valence electrons. The smallest absolute Gasteiger partial charge is 0.302 e. The van der Waals surface area contributed by atoms with Gasteiger partial charge in [0.05, 0.1) is 11.4 Å². The molecule has 0 aliphatic carbocycles. The van der Waals surface area contributed by atoms with E-state index < -0.39 is 0 Å². The number of aromatic amines is 2. The molecule has 0 amide bonds. The van der Waals surface area contributed by atoms with Crippen LogP contribution in [0.15, 0.2) is 85.2 Å². The fraction of sp³-hybridized carbons (Fsp3) is 0.133. The van der Waals surface area contributed by atoms with Gasteiger partial charge in [-0.1, -0.05) is 66.7 Å². The second-order valence-electron chi connectivity index (χ2n) is 8.80. The van der Waals surface area contributed by atoms with Crippen LogP contribution >= 0.6 is 0 Å². The van der Waals surface area contributed by atoms with Crippen molar-refractivity contribution in [1.29, 1.82) is 0 Å². The highest BCUT2D eigenvalue weighted by Gasteiger charge is 2.11. The summed E-state index contributed by atoms with van der Waals surface area (Å²) in [5, 5.41) is 0. The lowest BCUT2D eigenvalue weighted by Gasteiger charge is -2.03. The normalized spacial score (nSPS) is 10.8. The molecule has 0 unspecified atom stereocenters. The number of ether oxygens (including phenoxy) is 2. The number of imidazole rings is 2. The largest absolute Gasteiger partial charge is 0.461 e. The Labute approximate surface area is 219 Å². The SMILES string of the molecule is CC(=O)OCc1ccc(-c2c[nH]c(-c3cccc(-c4nc(-c5ccc(COC(C)=O)cc5)c[nH]4)c3)n2)cc1. The third kappa shape index (κ3) is 5.87. The highest BCUT2D eigenvalue weighted by molar-refractivity contribution is 5.71. The number of H-pyrrole nitrogens is 2. The van der Waals surface area contributed by atoms with Gasteiger partial charge in [0, 0.05) is 48.5 Å². The summed E-state index contributed by atoms with van der Waals surface area (Å²) >= 11 is 0. The molecule has 0 bridgehead atoms. The molecule has 3 aromatic carbocycles. The fourth-order valence-corrected chi connectivity index (χ4v) is 3.96. The van der Waals surface area contributed by atoms with E-state index in [1.165, 1.54) is 13.8 Å². The van der Waals surface area contributed by atoms with E-state index in [0.29, 0.717) is 0 Å². The molecule has 0 aliphatic heterocycles. The van der Waals surface area contributed by atoms with Crippen LogP contribution in [0.5, 0.6) is 0 Å². The molecule has 0 fully saturated rings. The number of carbonyl (C=O) groups is 2. The lowest BCUT2D eigenvalue weighted by Crippen LogP contribution is -1.98. The van der Waals surface area contributed by atoms with Crippen LogP contribution in [0.3, 0.4) is 0 Å². The topological polar surface area (TPSA) is 110 Å². The molecular weight excluding hydrogens is 480 g/mol. The van der Waals surface area contributed by atoms with Crippen LogP contribution in [0.2, 0.25) is 0 Å². The predicted molar refractivity (Wildman–Crippen MR) is 143 cm³/mol. The van der Waals surface area contributed by atoms with Gasteiger partial charge in [0.1, 0.15) is 24.9 Å². The Morgan fingerprint density at radius 1 is 0.632 bits per heavy atom. The molecule has 5 rings (SSSR count). The van der Waals surface area contributed by atoms with Crippen LogP contribution in [-0.4, -0.2) is 31.9 Å². The molecule has 2 aromatic heterocycles. The van der Waals surface area contributed by atoms with Crippen molar-refractivity contribution in [3.05, 3.63) is 96.3 Å². The van der Waals surface area contributed by atoms with Gasteiger partial charge >= 0.3 is 11.9 Å². The van der Waals surface area contributed by atoms with Gasteiger partial charge in [-0.3, -0.25) is 9.59 Å². The van der Waals surface area contributed by atoms with E-state index in [4.69, 9.17) is 19.4 Å². The van der Waals surface area contributed by atoms with Gasteiger partial charge in [-0.25, -0.2) is 9.97 Å². The van der Waals surface area contributed by atoms with Crippen molar-refractivity contribution >= 4 is 11.9 Å². The molecular formula is C30H26N4O4. The Morgan fingerprint density at radius 3 is 1.45 bits per heavy atom. The van der Waals surface area contributed by atoms with E-state index in [9.17, 15) is 9.59 Å². The number of hydrogen-bond acceptors (Lipinski definition) is 6.